The summed E-state index contributed by atoms with van der Waals surface area (Å²) in [6.45, 7) is 1.90. The van der Waals surface area contributed by atoms with E-state index in [1.807, 2.05) is 44.3 Å². The number of hydrogen-bond acceptors (Lipinski definition) is 4. The number of anilines is 1. The Morgan fingerprint density at radius 3 is 2.71 bits per heavy atom. The average Bonchev–Trinajstić information content (AvgIpc) is 3.04. The molecule has 1 aromatic carbocycles. The highest BCUT2D eigenvalue weighted by molar-refractivity contribution is 5.90. The van der Waals surface area contributed by atoms with E-state index in [0.717, 1.165) is 33.9 Å². The highest BCUT2D eigenvalue weighted by atomic mass is 16.5. The third kappa shape index (κ3) is 2.16. The van der Waals surface area contributed by atoms with Crippen LogP contribution in [0.1, 0.15) is 5.76 Å². The molecule has 108 valence electrons. The van der Waals surface area contributed by atoms with Gasteiger partial charge in [-0.2, -0.15) is 5.10 Å². The first kappa shape index (κ1) is 13.3. The zero-order chi connectivity index (χ0) is 15.0. The van der Waals surface area contributed by atoms with E-state index in [0.29, 0.717) is 5.82 Å². The van der Waals surface area contributed by atoms with Crippen molar-refractivity contribution in [2.45, 2.75) is 6.92 Å². The Hall–Kier alpha value is -2.69. The Labute approximate surface area is 122 Å². The van der Waals surface area contributed by atoms with Crippen LogP contribution in [0.4, 0.5) is 5.82 Å². The molecule has 0 fully saturated rings. The minimum Gasteiger partial charge on any atom is -0.496 e. The molecule has 0 radical (unpaired) electrons. The number of rotatable bonds is 3. The Kier molecular flexibility index (Phi) is 3.17. The third-order valence-electron chi connectivity index (χ3n) is 3.47. The maximum atomic E-state index is 6.22. The molecular weight excluding hydrogens is 266 g/mol. The second-order valence-corrected chi connectivity index (χ2v) is 4.88. The van der Waals surface area contributed by atoms with Gasteiger partial charge in [-0.05, 0) is 19.1 Å². The van der Waals surface area contributed by atoms with Gasteiger partial charge in [0, 0.05) is 18.2 Å². The van der Waals surface area contributed by atoms with Crippen molar-refractivity contribution in [2.24, 2.45) is 7.05 Å². The summed E-state index contributed by atoms with van der Waals surface area (Å²) in [4.78, 5) is 0. The van der Waals surface area contributed by atoms with Crippen molar-refractivity contribution in [1.82, 2.24) is 9.78 Å². The van der Waals surface area contributed by atoms with E-state index in [1.165, 1.54) is 0 Å². The van der Waals surface area contributed by atoms with Crippen LogP contribution in [0.3, 0.4) is 0 Å². The molecule has 5 nitrogen and oxygen atoms in total. The second kappa shape index (κ2) is 5.01. The molecule has 0 bridgehead atoms. The normalized spacial score (nSPS) is 10.8. The fraction of sp³-hybridized carbons (Fsp3) is 0.188. The van der Waals surface area contributed by atoms with Crippen LogP contribution in [0, 0.1) is 6.92 Å². The number of para-hydroxylation sites is 1. The second-order valence-electron chi connectivity index (χ2n) is 4.88. The molecule has 21 heavy (non-hydrogen) atoms. The molecule has 2 aromatic heterocycles. The van der Waals surface area contributed by atoms with Crippen LogP contribution in [-0.2, 0) is 7.05 Å². The van der Waals surface area contributed by atoms with E-state index in [2.05, 4.69) is 5.10 Å². The smallest absolute Gasteiger partial charge is 0.130 e. The minimum atomic E-state index is 0.591. The first-order valence-corrected chi connectivity index (χ1v) is 6.63. The number of furan rings is 1. The SMILES string of the molecule is COc1ccccc1-c1c(-c2coc(C)c2)nn(C)c1N. The van der Waals surface area contributed by atoms with Crippen LogP contribution in [-0.4, -0.2) is 16.9 Å². The van der Waals surface area contributed by atoms with Gasteiger partial charge in [-0.1, -0.05) is 18.2 Å². The van der Waals surface area contributed by atoms with Gasteiger partial charge in [0.05, 0.1) is 12.7 Å². The molecule has 0 atom stereocenters. The molecule has 0 unspecified atom stereocenters. The number of aromatic nitrogens is 2. The van der Waals surface area contributed by atoms with Gasteiger partial charge in [0.2, 0.25) is 0 Å². The standard InChI is InChI=1S/C16H17N3O2/c1-10-8-11(9-21-10)15-14(16(17)19(2)18-15)12-6-4-5-7-13(12)20-3/h4-9H,17H2,1-3H3. The Morgan fingerprint density at radius 1 is 1.29 bits per heavy atom. The Morgan fingerprint density at radius 2 is 2.05 bits per heavy atom. The van der Waals surface area contributed by atoms with E-state index < -0.39 is 0 Å². The molecule has 0 aliphatic rings. The molecule has 0 saturated carbocycles. The molecule has 2 heterocycles. The summed E-state index contributed by atoms with van der Waals surface area (Å²) in [7, 11) is 3.47. The number of hydrogen-bond donors (Lipinski definition) is 1. The summed E-state index contributed by atoms with van der Waals surface area (Å²) in [5.41, 5.74) is 9.68. The quantitative estimate of drug-likeness (QED) is 0.801. The van der Waals surface area contributed by atoms with Crippen molar-refractivity contribution >= 4 is 5.82 Å². The van der Waals surface area contributed by atoms with Crippen LogP contribution in [0.15, 0.2) is 41.0 Å². The van der Waals surface area contributed by atoms with Gasteiger partial charge in [-0.15, -0.1) is 0 Å². The van der Waals surface area contributed by atoms with Crippen molar-refractivity contribution in [3.63, 3.8) is 0 Å². The maximum absolute atomic E-state index is 6.22. The van der Waals surface area contributed by atoms with E-state index in [-0.39, 0.29) is 0 Å². The molecule has 5 heteroatoms. The number of nitrogen functional groups attached to an aromatic ring is 1. The number of nitrogens with zero attached hydrogens (tertiary/aromatic N) is 2. The van der Waals surface area contributed by atoms with Crippen molar-refractivity contribution in [1.29, 1.82) is 0 Å². The monoisotopic (exact) mass is 283 g/mol. The van der Waals surface area contributed by atoms with E-state index in [4.69, 9.17) is 14.9 Å². The predicted molar refractivity (Wildman–Crippen MR) is 82.0 cm³/mol. The lowest BCUT2D eigenvalue weighted by atomic mass is 10.0. The van der Waals surface area contributed by atoms with Gasteiger partial charge in [0.15, 0.2) is 0 Å². The van der Waals surface area contributed by atoms with Crippen molar-refractivity contribution < 1.29 is 9.15 Å². The lowest BCUT2D eigenvalue weighted by Gasteiger charge is -2.08. The molecule has 2 N–H and O–H groups in total. The lowest BCUT2D eigenvalue weighted by molar-refractivity contribution is 0.416. The van der Waals surface area contributed by atoms with Gasteiger partial charge in [-0.25, -0.2) is 0 Å². The van der Waals surface area contributed by atoms with E-state index in [9.17, 15) is 0 Å². The number of methoxy groups -OCH3 is 1. The summed E-state index contributed by atoms with van der Waals surface area (Å²) in [6.07, 6.45) is 1.69. The van der Waals surface area contributed by atoms with Gasteiger partial charge in [0.25, 0.3) is 0 Å². The van der Waals surface area contributed by atoms with Crippen LogP contribution in [0.5, 0.6) is 5.75 Å². The first-order chi connectivity index (χ1) is 10.1. The highest BCUT2D eigenvalue weighted by Gasteiger charge is 2.21. The van der Waals surface area contributed by atoms with E-state index >= 15 is 0 Å². The molecule has 3 aromatic rings. The van der Waals surface area contributed by atoms with Gasteiger partial charge in [0.1, 0.15) is 29.3 Å². The summed E-state index contributed by atoms with van der Waals surface area (Å²) in [5.74, 6) is 2.19. The fourth-order valence-electron chi connectivity index (χ4n) is 2.42. The molecule has 0 aliphatic carbocycles. The summed E-state index contributed by atoms with van der Waals surface area (Å²) >= 11 is 0. The lowest BCUT2D eigenvalue weighted by Crippen LogP contribution is -1.98. The number of aryl methyl sites for hydroxylation is 2. The van der Waals surface area contributed by atoms with Crippen molar-refractivity contribution in [3.8, 4) is 28.1 Å². The molecule has 0 aliphatic heterocycles. The van der Waals surface area contributed by atoms with Crippen LogP contribution in [0.2, 0.25) is 0 Å². The Balaban J connectivity index is 2.27. The summed E-state index contributed by atoms with van der Waals surface area (Å²) in [5, 5.41) is 4.52. The average molecular weight is 283 g/mol. The molecule has 0 amide bonds. The van der Waals surface area contributed by atoms with Gasteiger partial charge >= 0.3 is 0 Å². The first-order valence-electron chi connectivity index (χ1n) is 6.63. The van der Waals surface area contributed by atoms with E-state index in [1.54, 1.807) is 18.1 Å². The third-order valence-corrected chi connectivity index (χ3v) is 3.47. The number of benzene rings is 1. The zero-order valence-corrected chi connectivity index (χ0v) is 12.3. The largest absolute Gasteiger partial charge is 0.496 e. The molecular formula is C16H17N3O2. The van der Waals surface area contributed by atoms with Crippen LogP contribution >= 0.6 is 0 Å². The molecule has 0 spiro atoms. The Bertz CT molecular complexity index is 787. The topological polar surface area (TPSA) is 66.2 Å². The zero-order valence-electron chi connectivity index (χ0n) is 12.3. The summed E-state index contributed by atoms with van der Waals surface area (Å²) in [6, 6.07) is 9.71. The van der Waals surface area contributed by atoms with Crippen LogP contribution in [0.25, 0.3) is 22.4 Å². The predicted octanol–water partition coefficient (Wildman–Crippen LogP) is 3.25. The maximum Gasteiger partial charge on any atom is 0.130 e. The van der Waals surface area contributed by atoms with Crippen LogP contribution < -0.4 is 10.5 Å². The van der Waals surface area contributed by atoms with Gasteiger partial charge < -0.3 is 14.9 Å². The van der Waals surface area contributed by atoms with Crippen molar-refractivity contribution in [3.05, 3.63) is 42.4 Å². The molecule has 0 saturated heterocycles. The molecule has 3 rings (SSSR count). The highest BCUT2D eigenvalue weighted by Crippen LogP contribution is 2.40. The number of nitrogens with two attached hydrogens (primary N) is 1. The van der Waals surface area contributed by atoms with Crippen molar-refractivity contribution in [2.75, 3.05) is 12.8 Å². The summed E-state index contributed by atoms with van der Waals surface area (Å²) < 4.78 is 12.5. The minimum absolute atomic E-state index is 0.591. The van der Waals surface area contributed by atoms with Gasteiger partial charge in [-0.3, -0.25) is 4.68 Å². The fourth-order valence-corrected chi connectivity index (χ4v) is 2.42. The number of ether oxygens (including phenoxy) is 1.